The maximum absolute atomic E-state index is 5.80. The average molecular weight is 233 g/mol. The second kappa shape index (κ2) is 3.43. The van der Waals surface area contributed by atoms with Crippen LogP contribution in [0.2, 0.25) is 0 Å². The molecule has 1 aromatic heterocycles. The molecule has 0 bridgehead atoms. The highest BCUT2D eigenvalue weighted by molar-refractivity contribution is 7.22. The Bertz CT molecular complexity index is 528. The number of nitrogens with two attached hydrogens (primary N) is 2. The van der Waals surface area contributed by atoms with E-state index >= 15 is 0 Å². The molecule has 0 atom stereocenters. The molecule has 1 aliphatic carbocycles. The van der Waals surface area contributed by atoms with Gasteiger partial charge in [-0.15, -0.1) is 0 Å². The molecule has 0 aliphatic heterocycles. The van der Waals surface area contributed by atoms with Crippen molar-refractivity contribution >= 4 is 26.7 Å². The van der Waals surface area contributed by atoms with Crippen molar-refractivity contribution in [2.75, 3.05) is 12.3 Å². The molecule has 3 nitrogen and oxygen atoms in total. The summed E-state index contributed by atoms with van der Waals surface area (Å²) in [6, 6.07) is 6.42. The summed E-state index contributed by atoms with van der Waals surface area (Å²) in [5.74, 6) is 0. The third-order valence-corrected chi connectivity index (χ3v) is 4.29. The van der Waals surface area contributed by atoms with Crippen LogP contribution in [0.3, 0.4) is 0 Å². The van der Waals surface area contributed by atoms with Crippen LogP contribution in [-0.2, 0) is 6.42 Å². The first-order valence-electron chi connectivity index (χ1n) is 5.56. The Labute approximate surface area is 98.5 Å². The van der Waals surface area contributed by atoms with Crippen molar-refractivity contribution in [1.82, 2.24) is 4.98 Å². The predicted molar refractivity (Wildman–Crippen MR) is 68.5 cm³/mol. The Morgan fingerprint density at radius 2 is 2.19 bits per heavy atom. The third kappa shape index (κ3) is 1.68. The third-order valence-electron chi connectivity index (χ3n) is 3.44. The van der Waals surface area contributed by atoms with E-state index in [1.807, 2.05) is 0 Å². The molecule has 3 rings (SSSR count). The molecule has 0 saturated heterocycles. The van der Waals surface area contributed by atoms with Gasteiger partial charge in [0.25, 0.3) is 0 Å². The quantitative estimate of drug-likeness (QED) is 0.853. The van der Waals surface area contributed by atoms with Crippen molar-refractivity contribution in [2.24, 2.45) is 11.1 Å². The van der Waals surface area contributed by atoms with Gasteiger partial charge in [-0.2, -0.15) is 0 Å². The van der Waals surface area contributed by atoms with Gasteiger partial charge in [0.1, 0.15) is 0 Å². The molecule has 1 aromatic carbocycles. The second-order valence-electron chi connectivity index (χ2n) is 4.74. The summed E-state index contributed by atoms with van der Waals surface area (Å²) in [7, 11) is 0. The molecule has 4 N–H and O–H groups in total. The van der Waals surface area contributed by atoms with E-state index < -0.39 is 0 Å². The number of hydrogen-bond acceptors (Lipinski definition) is 4. The van der Waals surface area contributed by atoms with Crippen LogP contribution in [0.1, 0.15) is 18.4 Å². The monoisotopic (exact) mass is 233 g/mol. The number of benzene rings is 1. The maximum atomic E-state index is 5.80. The first-order chi connectivity index (χ1) is 7.71. The second-order valence-corrected chi connectivity index (χ2v) is 5.80. The molecule has 84 valence electrons. The first-order valence-corrected chi connectivity index (χ1v) is 6.37. The summed E-state index contributed by atoms with van der Waals surface area (Å²) in [5, 5.41) is 0.645. The largest absolute Gasteiger partial charge is 0.375 e. The number of thiazole rings is 1. The van der Waals surface area contributed by atoms with Gasteiger partial charge >= 0.3 is 0 Å². The molecule has 0 radical (unpaired) electrons. The fraction of sp³-hybridized carbons (Fsp3) is 0.417. The molecule has 1 saturated carbocycles. The highest BCUT2D eigenvalue weighted by Gasteiger charge is 2.40. The predicted octanol–water partition coefficient (Wildman–Crippen LogP) is 2.16. The zero-order valence-corrected chi connectivity index (χ0v) is 9.89. The smallest absolute Gasteiger partial charge is 0.181 e. The highest BCUT2D eigenvalue weighted by Crippen LogP contribution is 2.47. The topological polar surface area (TPSA) is 64.9 Å². The number of nitrogens with zero attached hydrogens (tertiary/aromatic N) is 1. The van der Waals surface area contributed by atoms with Crippen molar-refractivity contribution in [3.05, 3.63) is 23.8 Å². The Hall–Kier alpha value is -1.13. The van der Waals surface area contributed by atoms with Crippen LogP contribution in [0.5, 0.6) is 0 Å². The molecule has 0 spiro atoms. The summed E-state index contributed by atoms with van der Waals surface area (Å²) in [6.45, 7) is 0.801. The standard InChI is InChI=1S/C12H15N3S/c13-7-12(3-4-12)6-8-1-2-9-10(5-8)16-11(14)15-9/h1-2,5H,3-4,6-7,13H2,(H2,14,15). The van der Waals surface area contributed by atoms with E-state index in [-0.39, 0.29) is 0 Å². The van der Waals surface area contributed by atoms with Crippen molar-refractivity contribution in [3.63, 3.8) is 0 Å². The maximum Gasteiger partial charge on any atom is 0.181 e. The van der Waals surface area contributed by atoms with Crippen LogP contribution in [-0.4, -0.2) is 11.5 Å². The number of rotatable bonds is 3. The summed E-state index contributed by atoms with van der Waals surface area (Å²) in [6.07, 6.45) is 3.63. The van der Waals surface area contributed by atoms with Gasteiger partial charge in [0.05, 0.1) is 10.2 Å². The number of hydrogen-bond donors (Lipinski definition) is 2. The summed E-state index contributed by atoms with van der Waals surface area (Å²) >= 11 is 1.56. The van der Waals surface area contributed by atoms with Crippen LogP contribution in [0, 0.1) is 5.41 Å². The van der Waals surface area contributed by atoms with E-state index in [1.165, 1.54) is 23.1 Å². The van der Waals surface area contributed by atoms with Gasteiger partial charge < -0.3 is 11.5 Å². The molecule has 4 heteroatoms. The number of aromatic nitrogens is 1. The number of fused-ring (bicyclic) bond motifs is 1. The molecular formula is C12H15N3S. The fourth-order valence-corrected chi connectivity index (χ4v) is 2.96. The van der Waals surface area contributed by atoms with Crippen LogP contribution < -0.4 is 11.5 Å². The molecule has 2 aromatic rings. The van der Waals surface area contributed by atoms with Crippen molar-refractivity contribution < 1.29 is 0 Å². The molecule has 0 amide bonds. The Kier molecular flexibility index (Phi) is 2.16. The molecule has 0 unspecified atom stereocenters. The van der Waals surface area contributed by atoms with Crippen molar-refractivity contribution in [3.8, 4) is 0 Å². The molecular weight excluding hydrogens is 218 g/mol. The molecule has 16 heavy (non-hydrogen) atoms. The van der Waals surface area contributed by atoms with E-state index in [2.05, 4.69) is 23.2 Å². The van der Waals surface area contributed by atoms with Gasteiger partial charge in [-0.3, -0.25) is 0 Å². The molecule has 1 fully saturated rings. The van der Waals surface area contributed by atoms with Gasteiger partial charge in [0.15, 0.2) is 5.13 Å². The molecule has 1 aliphatic rings. The van der Waals surface area contributed by atoms with Crippen LogP contribution in [0.15, 0.2) is 18.2 Å². The molecule has 1 heterocycles. The minimum Gasteiger partial charge on any atom is -0.375 e. The Balaban J connectivity index is 1.92. The minimum absolute atomic E-state index is 0.393. The lowest BCUT2D eigenvalue weighted by Crippen LogP contribution is -2.17. The zero-order valence-electron chi connectivity index (χ0n) is 9.07. The lowest BCUT2D eigenvalue weighted by molar-refractivity contribution is 0.521. The highest BCUT2D eigenvalue weighted by atomic mass is 32.1. The van der Waals surface area contributed by atoms with Gasteiger partial charge in [0, 0.05) is 0 Å². The summed E-state index contributed by atoms with van der Waals surface area (Å²) in [4.78, 5) is 4.26. The normalized spacial score (nSPS) is 17.8. The van der Waals surface area contributed by atoms with Crippen LogP contribution in [0.25, 0.3) is 10.2 Å². The van der Waals surface area contributed by atoms with E-state index in [0.717, 1.165) is 18.5 Å². The SMILES string of the molecule is NCC1(Cc2ccc3nc(N)sc3c2)CC1. The van der Waals surface area contributed by atoms with E-state index in [1.54, 1.807) is 11.3 Å². The van der Waals surface area contributed by atoms with Crippen LogP contribution >= 0.6 is 11.3 Å². The van der Waals surface area contributed by atoms with E-state index in [9.17, 15) is 0 Å². The summed E-state index contributed by atoms with van der Waals surface area (Å²) in [5.41, 5.74) is 14.3. The Morgan fingerprint density at radius 1 is 1.38 bits per heavy atom. The van der Waals surface area contributed by atoms with Crippen molar-refractivity contribution in [1.29, 1.82) is 0 Å². The zero-order chi connectivity index (χ0) is 11.2. The van der Waals surface area contributed by atoms with Gasteiger partial charge in [0.2, 0.25) is 0 Å². The first kappa shape index (κ1) is 10.1. The number of anilines is 1. The van der Waals surface area contributed by atoms with E-state index in [4.69, 9.17) is 11.5 Å². The van der Waals surface area contributed by atoms with E-state index in [0.29, 0.717) is 10.5 Å². The average Bonchev–Trinajstić information content (AvgIpc) is 2.93. The van der Waals surface area contributed by atoms with Crippen molar-refractivity contribution in [2.45, 2.75) is 19.3 Å². The number of nitrogen functional groups attached to an aromatic ring is 1. The minimum atomic E-state index is 0.393. The van der Waals surface area contributed by atoms with Gasteiger partial charge in [-0.1, -0.05) is 17.4 Å². The van der Waals surface area contributed by atoms with Crippen LogP contribution in [0.4, 0.5) is 5.13 Å². The lowest BCUT2D eigenvalue weighted by Gasteiger charge is -2.11. The fourth-order valence-electron chi connectivity index (χ4n) is 2.16. The Morgan fingerprint density at radius 3 is 2.88 bits per heavy atom. The van der Waals surface area contributed by atoms with Gasteiger partial charge in [-0.25, -0.2) is 4.98 Å². The lowest BCUT2D eigenvalue weighted by atomic mass is 9.97. The van der Waals surface area contributed by atoms with Gasteiger partial charge in [-0.05, 0) is 48.9 Å². The summed E-state index contributed by atoms with van der Waals surface area (Å²) < 4.78 is 1.18.